The molecule has 1 aromatic carbocycles. The first-order valence-corrected chi connectivity index (χ1v) is 8.30. The molecule has 2 unspecified atom stereocenters. The summed E-state index contributed by atoms with van der Waals surface area (Å²) < 4.78 is 1.16. The van der Waals surface area contributed by atoms with Crippen molar-refractivity contribution in [3.63, 3.8) is 0 Å². The Morgan fingerprint density at radius 1 is 1.35 bits per heavy atom. The van der Waals surface area contributed by atoms with E-state index in [1.54, 1.807) is 0 Å². The van der Waals surface area contributed by atoms with E-state index >= 15 is 0 Å². The first-order chi connectivity index (χ1) is 9.26. The molecule has 112 valence electrons. The third-order valence-electron chi connectivity index (χ3n) is 4.05. The molecule has 0 spiro atoms. The summed E-state index contributed by atoms with van der Waals surface area (Å²) in [5.41, 5.74) is 2.86. The van der Waals surface area contributed by atoms with Crippen LogP contribution in [0.15, 0.2) is 22.7 Å². The smallest absolute Gasteiger partial charge is 0.0420 e. The molecule has 0 saturated heterocycles. The average Bonchev–Trinajstić information content (AvgIpc) is 3.02. The van der Waals surface area contributed by atoms with Crippen LogP contribution < -0.4 is 10.2 Å². The topological polar surface area (TPSA) is 15.3 Å². The van der Waals surface area contributed by atoms with Gasteiger partial charge in [0.05, 0.1) is 0 Å². The third-order valence-corrected chi connectivity index (χ3v) is 4.55. The van der Waals surface area contributed by atoms with Gasteiger partial charge >= 0.3 is 0 Å². The molecule has 2 atom stereocenters. The lowest BCUT2D eigenvalue weighted by Gasteiger charge is -2.26. The first kappa shape index (κ1) is 15.8. The minimum Gasteiger partial charge on any atom is -0.374 e. The van der Waals surface area contributed by atoms with Gasteiger partial charge in [-0.15, -0.1) is 0 Å². The van der Waals surface area contributed by atoms with Crippen LogP contribution in [-0.4, -0.2) is 19.1 Å². The molecule has 1 aliphatic carbocycles. The fourth-order valence-electron chi connectivity index (χ4n) is 2.51. The van der Waals surface area contributed by atoms with E-state index in [4.69, 9.17) is 0 Å². The minimum atomic E-state index is 0.147. The second kappa shape index (κ2) is 6.07. The highest BCUT2D eigenvalue weighted by atomic mass is 79.9. The highest BCUT2D eigenvalue weighted by molar-refractivity contribution is 9.10. The Morgan fingerprint density at radius 2 is 2.00 bits per heavy atom. The summed E-state index contributed by atoms with van der Waals surface area (Å²) >= 11 is 3.60. The van der Waals surface area contributed by atoms with E-state index in [1.165, 1.54) is 24.2 Å². The van der Waals surface area contributed by atoms with Crippen LogP contribution in [0.25, 0.3) is 0 Å². The SMILES string of the molecule is CC1CC1CN(C)c1cc(Br)ccc1CNC(C)(C)C. The number of nitrogens with one attached hydrogen (secondary N) is 1. The zero-order valence-corrected chi connectivity index (χ0v) is 14.9. The molecular formula is C17H27BrN2. The van der Waals surface area contributed by atoms with Crippen molar-refractivity contribution >= 4 is 21.6 Å². The molecule has 0 radical (unpaired) electrons. The summed E-state index contributed by atoms with van der Waals surface area (Å²) in [5.74, 6) is 1.78. The maximum absolute atomic E-state index is 3.60. The van der Waals surface area contributed by atoms with Gasteiger partial charge in [-0.25, -0.2) is 0 Å². The molecule has 0 amide bonds. The number of anilines is 1. The molecule has 20 heavy (non-hydrogen) atoms. The van der Waals surface area contributed by atoms with E-state index in [0.29, 0.717) is 0 Å². The third kappa shape index (κ3) is 4.49. The van der Waals surface area contributed by atoms with Gasteiger partial charge in [-0.1, -0.05) is 28.9 Å². The Bertz CT molecular complexity index is 465. The normalized spacial score (nSPS) is 21.9. The van der Waals surface area contributed by atoms with Gasteiger partial charge in [0.2, 0.25) is 0 Å². The van der Waals surface area contributed by atoms with E-state index in [9.17, 15) is 0 Å². The minimum absolute atomic E-state index is 0.147. The molecule has 1 fully saturated rings. The Kier molecular flexibility index (Phi) is 4.80. The summed E-state index contributed by atoms with van der Waals surface area (Å²) in [7, 11) is 2.22. The maximum Gasteiger partial charge on any atom is 0.0420 e. The summed E-state index contributed by atoms with van der Waals surface area (Å²) in [6.45, 7) is 11.1. The van der Waals surface area contributed by atoms with Crippen molar-refractivity contribution in [3.05, 3.63) is 28.2 Å². The quantitative estimate of drug-likeness (QED) is 0.854. The zero-order chi connectivity index (χ0) is 14.9. The zero-order valence-electron chi connectivity index (χ0n) is 13.3. The number of benzene rings is 1. The molecule has 3 heteroatoms. The van der Waals surface area contributed by atoms with Crippen LogP contribution in [0.5, 0.6) is 0 Å². The van der Waals surface area contributed by atoms with Gasteiger partial charge in [-0.2, -0.15) is 0 Å². The molecule has 1 N–H and O–H groups in total. The second-order valence-corrected chi connectivity index (χ2v) is 8.15. The number of hydrogen-bond acceptors (Lipinski definition) is 2. The van der Waals surface area contributed by atoms with E-state index in [1.807, 2.05) is 0 Å². The number of rotatable bonds is 5. The van der Waals surface area contributed by atoms with Crippen LogP contribution in [0.4, 0.5) is 5.69 Å². The van der Waals surface area contributed by atoms with E-state index < -0.39 is 0 Å². The van der Waals surface area contributed by atoms with Gasteiger partial charge < -0.3 is 10.2 Å². The van der Waals surface area contributed by atoms with Gasteiger partial charge in [0.1, 0.15) is 0 Å². The molecule has 1 aromatic rings. The van der Waals surface area contributed by atoms with E-state index in [2.05, 4.69) is 79.1 Å². The Labute approximate surface area is 132 Å². The number of hydrogen-bond donors (Lipinski definition) is 1. The highest BCUT2D eigenvalue weighted by Gasteiger charge is 2.33. The summed E-state index contributed by atoms with van der Waals surface area (Å²) in [6, 6.07) is 6.61. The van der Waals surface area contributed by atoms with Gasteiger partial charge in [0.25, 0.3) is 0 Å². The van der Waals surface area contributed by atoms with Crippen molar-refractivity contribution < 1.29 is 0 Å². The fraction of sp³-hybridized carbons (Fsp3) is 0.647. The van der Waals surface area contributed by atoms with Gasteiger partial charge in [-0.3, -0.25) is 0 Å². The summed E-state index contributed by atoms with van der Waals surface area (Å²) in [4.78, 5) is 2.42. The Hall–Kier alpha value is -0.540. The Balaban J connectivity index is 2.10. The Morgan fingerprint density at radius 3 is 2.55 bits per heavy atom. The molecule has 0 bridgehead atoms. The summed E-state index contributed by atoms with van der Waals surface area (Å²) in [5, 5.41) is 3.59. The number of nitrogens with zero attached hydrogens (tertiary/aromatic N) is 1. The molecule has 0 aromatic heterocycles. The van der Waals surface area contributed by atoms with Crippen molar-refractivity contribution in [3.8, 4) is 0 Å². The van der Waals surface area contributed by atoms with Gasteiger partial charge in [-0.05, 0) is 56.7 Å². The predicted octanol–water partition coefficient (Wildman–Crippen LogP) is 4.43. The molecule has 2 nitrogen and oxygen atoms in total. The maximum atomic E-state index is 3.60. The largest absolute Gasteiger partial charge is 0.374 e. The molecule has 0 heterocycles. The monoisotopic (exact) mass is 338 g/mol. The molecule has 2 rings (SSSR count). The lowest BCUT2D eigenvalue weighted by Crippen LogP contribution is -2.35. The number of halogens is 1. The van der Waals surface area contributed by atoms with Crippen LogP contribution in [0, 0.1) is 11.8 Å². The van der Waals surface area contributed by atoms with Crippen molar-refractivity contribution in [2.45, 2.75) is 46.2 Å². The van der Waals surface area contributed by atoms with Crippen LogP contribution in [0.2, 0.25) is 0 Å². The van der Waals surface area contributed by atoms with Crippen molar-refractivity contribution in [2.75, 3.05) is 18.5 Å². The predicted molar refractivity (Wildman–Crippen MR) is 91.3 cm³/mol. The van der Waals surface area contributed by atoms with Gasteiger partial charge in [0, 0.05) is 35.8 Å². The van der Waals surface area contributed by atoms with E-state index in [0.717, 1.165) is 22.9 Å². The van der Waals surface area contributed by atoms with Crippen molar-refractivity contribution in [2.24, 2.45) is 11.8 Å². The van der Waals surface area contributed by atoms with Crippen LogP contribution in [0.3, 0.4) is 0 Å². The van der Waals surface area contributed by atoms with Crippen LogP contribution in [-0.2, 0) is 6.54 Å². The summed E-state index contributed by atoms with van der Waals surface area (Å²) in [6.07, 6.45) is 1.38. The standard InChI is InChI=1S/C17H27BrN2/c1-12-8-14(12)11-20(5)16-9-15(18)7-6-13(16)10-19-17(2,3)4/h6-7,9,12,14,19H,8,10-11H2,1-5H3. The lowest BCUT2D eigenvalue weighted by molar-refractivity contribution is 0.424. The molecule has 0 aliphatic heterocycles. The lowest BCUT2D eigenvalue weighted by atomic mass is 10.1. The van der Waals surface area contributed by atoms with Crippen LogP contribution in [0.1, 0.15) is 39.7 Å². The fourth-order valence-corrected chi connectivity index (χ4v) is 2.85. The van der Waals surface area contributed by atoms with Crippen LogP contribution >= 0.6 is 15.9 Å². The molecule has 1 aliphatic rings. The van der Waals surface area contributed by atoms with E-state index in [-0.39, 0.29) is 5.54 Å². The van der Waals surface area contributed by atoms with Gasteiger partial charge in [0.15, 0.2) is 0 Å². The van der Waals surface area contributed by atoms with Crippen molar-refractivity contribution in [1.82, 2.24) is 5.32 Å². The molecule has 1 saturated carbocycles. The highest BCUT2D eigenvalue weighted by Crippen LogP contribution is 2.39. The second-order valence-electron chi connectivity index (χ2n) is 7.23. The molecular weight excluding hydrogens is 312 g/mol. The van der Waals surface area contributed by atoms with Crippen molar-refractivity contribution in [1.29, 1.82) is 0 Å². The average molecular weight is 339 g/mol. The first-order valence-electron chi connectivity index (χ1n) is 7.51.